The van der Waals surface area contributed by atoms with Crippen molar-refractivity contribution < 1.29 is 15.0 Å². The van der Waals surface area contributed by atoms with Crippen molar-refractivity contribution in [1.29, 1.82) is 0 Å². The fourth-order valence-corrected chi connectivity index (χ4v) is 1.81. The van der Waals surface area contributed by atoms with E-state index in [4.69, 9.17) is 15.9 Å². The second-order valence-corrected chi connectivity index (χ2v) is 4.28. The molecule has 20 heavy (non-hydrogen) atoms. The van der Waals surface area contributed by atoms with E-state index in [2.05, 4.69) is 11.8 Å². The number of carbonyl (C=O) groups excluding carboxylic acids is 1. The number of hydrogen-bond acceptors (Lipinski definition) is 4. The first kappa shape index (κ1) is 16.2. The maximum atomic E-state index is 12.4. The fraction of sp³-hybridized carbons (Fsp3) is 0.400. The molecule has 4 N–H and O–H groups in total. The van der Waals surface area contributed by atoms with E-state index in [0.29, 0.717) is 5.56 Å². The Bertz CT molecular complexity index is 512. The van der Waals surface area contributed by atoms with Gasteiger partial charge in [0.25, 0.3) is 5.91 Å². The van der Waals surface area contributed by atoms with Gasteiger partial charge in [-0.3, -0.25) is 4.79 Å². The lowest BCUT2D eigenvalue weighted by Crippen LogP contribution is -2.36. The van der Waals surface area contributed by atoms with Crippen LogP contribution in [-0.2, 0) is 0 Å². The Kier molecular flexibility index (Phi) is 6.74. The zero-order valence-electron chi connectivity index (χ0n) is 11.6. The Hall–Kier alpha value is -1.87. The number of nitrogens with zero attached hydrogens (tertiary/aromatic N) is 1. The van der Waals surface area contributed by atoms with Gasteiger partial charge < -0.3 is 20.8 Å². The number of aliphatic hydroxyl groups is 2. The predicted molar refractivity (Wildman–Crippen MR) is 77.2 cm³/mol. The largest absolute Gasteiger partial charge is 0.395 e. The van der Waals surface area contributed by atoms with Gasteiger partial charge in [0.1, 0.15) is 0 Å². The number of aliphatic hydroxyl groups excluding tert-OH is 2. The van der Waals surface area contributed by atoms with Crippen molar-refractivity contribution in [2.24, 2.45) is 5.73 Å². The molecule has 0 aliphatic heterocycles. The summed E-state index contributed by atoms with van der Waals surface area (Å²) in [4.78, 5) is 13.8. The summed E-state index contributed by atoms with van der Waals surface area (Å²) in [7, 11) is 0. The number of hydrogen-bond donors (Lipinski definition) is 3. The number of nitrogens with two attached hydrogens (primary N) is 1. The van der Waals surface area contributed by atoms with E-state index in [1.807, 2.05) is 19.1 Å². The molecule has 1 rings (SSSR count). The minimum absolute atomic E-state index is 0.141. The van der Waals surface area contributed by atoms with Crippen LogP contribution < -0.4 is 5.73 Å². The SMILES string of the molecule is Cc1ccc(C#CCN)cc1C(=O)N(CCO)CCO. The van der Waals surface area contributed by atoms with Crippen LogP contribution in [0.5, 0.6) is 0 Å². The molecule has 5 heteroatoms. The van der Waals surface area contributed by atoms with Gasteiger partial charge in [-0.1, -0.05) is 17.9 Å². The van der Waals surface area contributed by atoms with Gasteiger partial charge in [0.2, 0.25) is 0 Å². The molecule has 0 saturated carbocycles. The summed E-state index contributed by atoms with van der Waals surface area (Å²) in [6, 6.07) is 5.36. The smallest absolute Gasteiger partial charge is 0.254 e. The van der Waals surface area contributed by atoms with Gasteiger partial charge in [-0.05, 0) is 24.6 Å². The summed E-state index contributed by atoms with van der Waals surface area (Å²) in [6.45, 7) is 2.20. The first-order valence-electron chi connectivity index (χ1n) is 6.44. The van der Waals surface area contributed by atoms with Crippen LogP contribution in [0.2, 0.25) is 0 Å². The fourth-order valence-electron chi connectivity index (χ4n) is 1.81. The minimum atomic E-state index is -0.220. The second kappa shape index (κ2) is 8.33. The molecule has 0 aliphatic rings. The topological polar surface area (TPSA) is 86.8 Å². The third-order valence-corrected chi connectivity index (χ3v) is 2.83. The minimum Gasteiger partial charge on any atom is -0.395 e. The first-order chi connectivity index (χ1) is 9.63. The molecule has 0 radical (unpaired) electrons. The molecule has 0 spiro atoms. The van der Waals surface area contributed by atoms with E-state index >= 15 is 0 Å². The quantitative estimate of drug-likeness (QED) is 0.646. The molecule has 1 aromatic carbocycles. The molecule has 0 aliphatic carbocycles. The Morgan fingerprint density at radius 1 is 1.30 bits per heavy atom. The van der Waals surface area contributed by atoms with Crippen LogP contribution >= 0.6 is 0 Å². The van der Waals surface area contributed by atoms with E-state index in [0.717, 1.165) is 11.1 Å². The van der Waals surface area contributed by atoms with Gasteiger partial charge in [0.15, 0.2) is 0 Å². The van der Waals surface area contributed by atoms with Gasteiger partial charge >= 0.3 is 0 Å². The Morgan fingerprint density at radius 2 is 1.95 bits per heavy atom. The summed E-state index contributed by atoms with van der Waals surface area (Å²) in [5, 5.41) is 18.0. The van der Waals surface area contributed by atoms with Crippen molar-refractivity contribution in [2.45, 2.75) is 6.92 Å². The molecule has 0 saturated heterocycles. The molecular formula is C15H20N2O3. The molecule has 5 nitrogen and oxygen atoms in total. The average molecular weight is 276 g/mol. The number of benzene rings is 1. The zero-order chi connectivity index (χ0) is 15.0. The lowest BCUT2D eigenvalue weighted by molar-refractivity contribution is 0.0684. The molecular weight excluding hydrogens is 256 g/mol. The molecule has 0 aromatic heterocycles. The van der Waals surface area contributed by atoms with Crippen LogP contribution in [0.3, 0.4) is 0 Å². The maximum absolute atomic E-state index is 12.4. The van der Waals surface area contributed by atoms with E-state index < -0.39 is 0 Å². The molecule has 108 valence electrons. The monoisotopic (exact) mass is 276 g/mol. The van der Waals surface area contributed by atoms with Crippen LogP contribution in [-0.4, -0.2) is 53.9 Å². The van der Waals surface area contributed by atoms with Crippen LogP contribution in [0.25, 0.3) is 0 Å². The highest BCUT2D eigenvalue weighted by Crippen LogP contribution is 2.13. The van der Waals surface area contributed by atoms with Gasteiger partial charge in [0.05, 0.1) is 19.8 Å². The Morgan fingerprint density at radius 3 is 2.50 bits per heavy atom. The normalized spacial score (nSPS) is 9.80. The molecule has 1 amide bonds. The van der Waals surface area contributed by atoms with Crippen LogP contribution in [0, 0.1) is 18.8 Å². The number of carbonyl (C=O) groups is 1. The molecule has 0 fully saturated rings. The van der Waals surface area contributed by atoms with Crippen molar-refractivity contribution in [2.75, 3.05) is 32.8 Å². The van der Waals surface area contributed by atoms with E-state index in [-0.39, 0.29) is 38.8 Å². The van der Waals surface area contributed by atoms with Crippen molar-refractivity contribution >= 4 is 5.91 Å². The van der Waals surface area contributed by atoms with Crippen LogP contribution in [0.15, 0.2) is 18.2 Å². The maximum Gasteiger partial charge on any atom is 0.254 e. The van der Waals surface area contributed by atoms with Crippen molar-refractivity contribution in [1.82, 2.24) is 4.90 Å². The second-order valence-electron chi connectivity index (χ2n) is 4.28. The number of amides is 1. The van der Waals surface area contributed by atoms with Crippen molar-refractivity contribution in [3.63, 3.8) is 0 Å². The van der Waals surface area contributed by atoms with Crippen LogP contribution in [0.1, 0.15) is 21.5 Å². The van der Waals surface area contributed by atoms with Crippen molar-refractivity contribution in [3.05, 3.63) is 34.9 Å². The van der Waals surface area contributed by atoms with Gasteiger partial charge in [-0.25, -0.2) is 0 Å². The van der Waals surface area contributed by atoms with Crippen LogP contribution in [0.4, 0.5) is 0 Å². The zero-order valence-corrected chi connectivity index (χ0v) is 11.6. The average Bonchev–Trinajstić information content (AvgIpc) is 2.45. The lowest BCUT2D eigenvalue weighted by Gasteiger charge is -2.21. The molecule has 0 unspecified atom stereocenters. The molecule has 0 heterocycles. The third kappa shape index (κ3) is 4.35. The summed E-state index contributed by atoms with van der Waals surface area (Å²) >= 11 is 0. The first-order valence-corrected chi connectivity index (χ1v) is 6.44. The highest BCUT2D eigenvalue weighted by molar-refractivity contribution is 5.96. The summed E-state index contributed by atoms with van der Waals surface area (Å²) in [6.07, 6.45) is 0. The van der Waals surface area contributed by atoms with E-state index in [1.54, 1.807) is 6.07 Å². The molecule has 1 aromatic rings. The van der Waals surface area contributed by atoms with E-state index in [9.17, 15) is 4.79 Å². The highest BCUT2D eigenvalue weighted by Gasteiger charge is 2.17. The lowest BCUT2D eigenvalue weighted by atomic mass is 10.0. The summed E-state index contributed by atoms with van der Waals surface area (Å²) in [5.41, 5.74) is 7.40. The molecule has 0 bridgehead atoms. The number of aryl methyl sites for hydroxylation is 1. The van der Waals surface area contributed by atoms with Crippen molar-refractivity contribution in [3.8, 4) is 11.8 Å². The highest BCUT2D eigenvalue weighted by atomic mass is 16.3. The number of rotatable bonds is 5. The van der Waals surface area contributed by atoms with Gasteiger partial charge in [-0.2, -0.15) is 0 Å². The van der Waals surface area contributed by atoms with E-state index in [1.165, 1.54) is 4.90 Å². The summed E-state index contributed by atoms with van der Waals surface area (Å²) < 4.78 is 0. The Balaban J connectivity index is 3.06. The summed E-state index contributed by atoms with van der Waals surface area (Å²) in [5.74, 6) is 5.41. The Labute approximate surface area is 119 Å². The van der Waals surface area contributed by atoms with Gasteiger partial charge in [-0.15, -0.1) is 0 Å². The standard InChI is InChI=1S/C15H20N2O3/c1-12-4-5-13(3-2-6-16)11-14(12)15(20)17(7-9-18)8-10-19/h4-5,11,18-19H,6-10,16H2,1H3. The third-order valence-electron chi connectivity index (χ3n) is 2.83. The van der Waals surface area contributed by atoms with Gasteiger partial charge in [0, 0.05) is 24.2 Å². The molecule has 0 atom stereocenters. The predicted octanol–water partition coefficient (Wildman–Crippen LogP) is -0.268.